The lowest BCUT2D eigenvalue weighted by Crippen LogP contribution is -2.40. The molecule has 86 valence electrons. The second-order valence-electron chi connectivity index (χ2n) is 4.07. The molecule has 0 aromatic rings. The first-order chi connectivity index (χ1) is 6.89. The highest BCUT2D eigenvalue weighted by molar-refractivity contribution is 8.24. The summed E-state index contributed by atoms with van der Waals surface area (Å²) in [6.45, 7) is 2.12. The molecule has 2 heterocycles. The zero-order valence-corrected chi connectivity index (χ0v) is 10.7. The van der Waals surface area contributed by atoms with Gasteiger partial charge in [0.2, 0.25) is 0 Å². The van der Waals surface area contributed by atoms with E-state index in [0.717, 1.165) is 4.32 Å². The van der Waals surface area contributed by atoms with Gasteiger partial charge >= 0.3 is 0 Å². The number of hydrogen-bond acceptors (Lipinski definition) is 5. The van der Waals surface area contributed by atoms with Gasteiger partial charge in [-0.25, -0.2) is 8.42 Å². The van der Waals surface area contributed by atoms with Crippen LogP contribution in [0.3, 0.4) is 0 Å². The Hall–Kier alpha value is 0.150. The first kappa shape index (κ1) is 11.6. The first-order valence-corrected chi connectivity index (χ1v) is 7.86. The largest absolute Gasteiger partial charge is 0.392 e. The third kappa shape index (κ3) is 2.30. The van der Waals surface area contributed by atoms with Gasteiger partial charge in [0.1, 0.15) is 4.32 Å². The summed E-state index contributed by atoms with van der Waals surface area (Å²) in [6, 6.07) is -0.0258. The van der Waals surface area contributed by atoms with Crippen LogP contribution in [0.1, 0.15) is 6.92 Å². The van der Waals surface area contributed by atoms with Gasteiger partial charge in [0.15, 0.2) is 9.84 Å². The normalized spacial score (nSPS) is 35.6. The Morgan fingerprint density at radius 3 is 2.93 bits per heavy atom. The second kappa shape index (κ2) is 3.87. The van der Waals surface area contributed by atoms with Crippen molar-refractivity contribution in [2.45, 2.75) is 24.3 Å². The molecule has 7 heteroatoms. The highest BCUT2D eigenvalue weighted by atomic mass is 32.2. The summed E-state index contributed by atoms with van der Waals surface area (Å²) in [5.41, 5.74) is 0. The van der Waals surface area contributed by atoms with Gasteiger partial charge in [-0.1, -0.05) is 24.0 Å². The summed E-state index contributed by atoms with van der Waals surface area (Å²) < 4.78 is 23.6. The summed E-state index contributed by atoms with van der Waals surface area (Å²) in [5, 5.41) is 9.39. The summed E-state index contributed by atoms with van der Waals surface area (Å²) in [7, 11) is -2.90. The van der Waals surface area contributed by atoms with Crippen LogP contribution in [-0.2, 0) is 9.84 Å². The van der Waals surface area contributed by atoms with Crippen molar-refractivity contribution in [2.75, 3.05) is 18.1 Å². The minimum absolute atomic E-state index is 0.0258. The molecule has 0 aliphatic carbocycles. The number of thiocarbonyl (C=S) groups is 1. The van der Waals surface area contributed by atoms with E-state index in [1.807, 2.05) is 4.90 Å². The third-order valence-corrected chi connectivity index (χ3v) is 6.29. The van der Waals surface area contributed by atoms with Crippen molar-refractivity contribution >= 4 is 38.1 Å². The number of rotatable bonds is 2. The lowest BCUT2D eigenvalue weighted by molar-refractivity contribution is 0.151. The number of sulfone groups is 1. The van der Waals surface area contributed by atoms with Crippen LogP contribution in [0.15, 0.2) is 0 Å². The highest BCUT2D eigenvalue weighted by Gasteiger charge is 2.47. The molecule has 2 fully saturated rings. The Morgan fingerprint density at radius 2 is 2.33 bits per heavy atom. The number of thioether (sulfide) groups is 1. The standard InChI is InChI=1S/C8H13NO3S3/c1-5(10)2-9-6-3-15(11,12)4-7(6)14-8(9)13/h5-7,10H,2-4H2,1H3/t5?,6-,7+/m0/s1. The van der Waals surface area contributed by atoms with Gasteiger partial charge in [-0.05, 0) is 6.92 Å². The van der Waals surface area contributed by atoms with Gasteiger partial charge in [0, 0.05) is 11.8 Å². The minimum atomic E-state index is -2.90. The Morgan fingerprint density at radius 1 is 1.67 bits per heavy atom. The van der Waals surface area contributed by atoms with Crippen LogP contribution in [0.2, 0.25) is 0 Å². The van der Waals surface area contributed by atoms with Crippen molar-refractivity contribution in [3.63, 3.8) is 0 Å². The van der Waals surface area contributed by atoms with Gasteiger partial charge in [0.25, 0.3) is 0 Å². The monoisotopic (exact) mass is 267 g/mol. The molecule has 1 unspecified atom stereocenters. The van der Waals surface area contributed by atoms with Crippen molar-refractivity contribution in [3.05, 3.63) is 0 Å². The number of hydrogen-bond donors (Lipinski definition) is 1. The van der Waals surface area contributed by atoms with E-state index >= 15 is 0 Å². The third-order valence-electron chi connectivity index (χ3n) is 2.62. The van der Waals surface area contributed by atoms with Crippen LogP contribution < -0.4 is 0 Å². The molecule has 0 saturated carbocycles. The maximum Gasteiger partial charge on any atom is 0.153 e. The number of aliphatic hydroxyl groups is 1. The molecule has 0 bridgehead atoms. The van der Waals surface area contributed by atoms with Crippen molar-refractivity contribution in [1.82, 2.24) is 4.90 Å². The predicted molar refractivity (Wildman–Crippen MR) is 64.8 cm³/mol. The van der Waals surface area contributed by atoms with Gasteiger partial charge in [-0.3, -0.25) is 0 Å². The van der Waals surface area contributed by atoms with E-state index in [4.69, 9.17) is 12.2 Å². The number of fused-ring (bicyclic) bond motifs is 1. The lowest BCUT2D eigenvalue weighted by atomic mass is 10.2. The van der Waals surface area contributed by atoms with Crippen LogP contribution in [0.25, 0.3) is 0 Å². The molecule has 0 spiro atoms. The van der Waals surface area contributed by atoms with E-state index in [-0.39, 0.29) is 22.8 Å². The molecule has 0 radical (unpaired) electrons. The maximum absolute atomic E-state index is 11.4. The Balaban J connectivity index is 2.15. The van der Waals surface area contributed by atoms with Crippen molar-refractivity contribution < 1.29 is 13.5 Å². The van der Waals surface area contributed by atoms with Gasteiger partial charge in [-0.2, -0.15) is 0 Å². The van der Waals surface area contributed by atoms with Crippen LogP contribution in [-0.4, -0.2) is 58.2 Å². The second-order valence-corrected chi connectivity index (χ2v) is 8.09. The van der Waals surface area contributed by atoms with Gasteiger partial charge in [0.05, 0.1) is 23.7 Å². The predicted octanol–water partition coefficient (Wildman–Crippen LogP) is -0.133. The summed E-state index contributed by atoms with van der Waals surface area (Å²) in [6.07, 6.45) is -0.481. The smallest absolute Gasteiger partial charge is 0.153 e. The topological polar surface area (TPSA) is 57.6 Å². The number of aliphatic hydroxyl groups excluding tert-OH is 1. The molecule has 2 aliphatic rings. The van der Waals surface area contributed by atoms with Crippen LogP contribution in [0.4, 0.5) is 0 Å². The van der Waals surface area contributed by atoms with E-state index in [0.29, 0.717) is 6.54 Å². The molecule has 2 rings (SSSR count). The fraction of sp³-hybridized carbons (Fsp3) is 0.875. The molecule has 15 heavy (non-hydrogen) atoms. The van der Waals surface area contributed by atoms with Crippen molar-refractivity contribution in [2.24, 2.45) is 0 Å². The van der Waals surface area contributed by atoms with Crippen molar-refractivity contribution in [1.29, 1.82) is 0 Å². The minimum Gasteiger partial charge on any atom is -0.392 e. The van der Waals surface area contributed by atoms with Crippen molar-refractivity contribution in [3.8, 4) is 0 Å². The molecule has 1 N–H and O–H groups in total. The highest BCUT2D eigenvalue weighted by Crippen LogP contribution is 2.37. The molecule has 0 aromatic heterocycles. The molecule has 4 nitrogen and oxygen atoms in total. The SMILES string of the molecule is CC(O)CN1C(=S)S[C@@H]2CS(=O)(=O)C[C@@H]21. The molecule has 0 aromatic carbocycles. The quantitative estimate of drug-likeness (QED) is 0.703. The van der Waals surface area contributed by atoms with E-state index < -0.39 is 15.9 Å². The van der Waals surface area contributed by atoms with Gasteiger partial charge < -0.3 is 10.0 Å². The first-order valence-electron chi connectivity index (χ1n) is 4.75. The molecule has 3 atom stereocenters. The lowest BCUT2D eigenvalue weighted by Gasteiger charge is -2.25. The molecular formula is C8H13NO3S3. The Kier molecular flexibility index (Phi) is 3.00. The zero-order chi connectivity index (χ0) is 11.2. The van der Waals surface area contributed by atoms with E-state index in [2.05, 4.69) is 0 Å². The molecule has 2 saturated heterocycles. The van der Waals surface area contributed by atoms with Gasteiger partial charge in [-0.15, -0.1) is 0 Å². The Labute approximate surface area is 98.9 Å². The maximum atomic E-state index is 11.4. The fourth-order valence-electron chi connectivity index (χ4n) is 2.03. The summed E-state index contributed by atoms with van der Waals surface area (Å²) in [4.78, 5) is 1.86. The van der Waals surface area contributed by atoms with E-state index in [9.17, 15) is 13.5 Å². The average molecular weight is 267 g/mol. The van der Waals surface area contributed by atoms with Crippen LogP contribution in [0, 0.1) is 0 Å². The van der Waals surface area contributed by atoms with E-state index in [1.165, 1.54) is 11.8 Å². The van der Waals surface area contributed by atoms with Crippen LogP contribution >= 0.6 is 24.0 Å². The fourth-order valence-corrected chi connectivity index (χ4v) is 6.42. The number of nitrogens with zero attached hydrogens (tertiary/aromatic N) is 1. The molecular weight excluding hydrogens is 254 g/mol. The zero-order valence-electron chi connectivity index (χ0n) is 8.29. The summed E-state index contributed by atoms with van der Waals surface area (Å²) in [5.74, 6) is 0.399. The Bertz CT molecular complexity index is 379. The number of β-amino-alcohol motifs (C(OH)–C–C–N with tert-alkyl or cyclic N) is 1. The summed E-state index contributed by atoms with van der Waals surface area (Å²) >= 11 is 6.63. The van der Waals surface area contributed by atoms with E-state index in [1.54, 1.807) is 6.92 Å². The average Bonchev–Trinajstić information content (AvgIpc) is 2.47. The molecule has 0 amide bonds. The van der Waals surface area contributed by atoms with Crippen LogP contribution in [0.5, 0.6) is 0 Å². The molecule has 2 aliphatic heterocycles.